The molecule has 1 fully saturated rings. The SMILES string of the molecule is CC[C@@H]1CN(CCNC(=O)[C@@H]2CC(=O)N(C(C)C)C2)Cc2cc(OC)ccc2O1. The van der Waals surface area contributed by atoms with Gasteiger partial charge in [0, 0.05) is 50.7 Å². The molecule has 3 rings (SSSR count). The van der Waals surface area contributed by atoms with E-state index in [9.17, 15) is 9.59 Å². The lowest BCUT2D eigenvalue weighted by Gasteiger charge is -2.23. The molecular weight excluding hydrogens is 370 g/mol. The number of carbonyl (C=O) groups excluding carboxylic acids is 2. The van der Waals surface area contributed by atoms with Gasteiger partial charge in [0.25, 0.3) is 0 Å². The van der Waals surface area contributed by atoms with Crippen LogP contribution in [0.2, 0.25) is 0 Å². The van der Waals surface area contributed by atoms with Gasteiger partial charge in [-0.1, -0.05) is 6.92 Å². The van der Waals surface area contributed by atoms with Crippen LogP contribution in [0, 0.1) is 5.92 Å². The highest BCUT2D eigenvalue weighted by Crippen LogP contribution is 2.29. The summed E-state index contributed by atoms with van der Waals surface area (Å²) < 4.78 is 11.5. The summed E-state index contributed by atoms with van der Waals surface area (Å²) in [6, 6.07) is 6.05. The van der Waals surface area contributed by atoms with Gasteiger partial charge in [0.1, 0.15) is 17.6 Å². The fourth-order valence-electron chi connectivity index (χ4n) is 4.00. The van der Waals surface area contributed by atoms with Gasteiger partial charge in [0.05, 0.1) is 13.0 Å². The summed E-state index contributed by atoms with van der Waals surface area (Å²) in [6.07, 6.45) is 1.35. The van der Waals surface area contributed by atoms with Crippen molar-refractivity contribution in [3.63, 3.8) is 0 Å². The van der Waals surface area contributed by atoms with E-state index < -0.39 is 0 Å². The summed E-state index contributed by atoms with van der Waals surface area (Å²) in [5.74, 6) is 1.52. The fourth-order valence-corrected chi connectivity index (χ4v) is 4.00. The van der Waals surface area contributed by atoms with Gasteiger partial charge >= 0.3 is 0 Å². The van der Waals surface area contributed by atoms with Crippen molar-refractivity contribution in [2.75, 3.05) is 33.3 Å². The Hall–Kier alpha value is -2.28. The molecule has 0 radical (unpaired) electrons. The van der Waals surface area contributed by atoms with E-state index in [0.717, 1.165) is 43.1 Å². The predicted molar refractivity (Wildman–Crippen MR) is 111 cm³/mol. The minimum absolute atomic E-state index is 0.0262. The summed E-state index contributed by atoms with van der Waals surface area (Å²) in [5.41, 5.74) is 1.10. The number of carbonyl (C=O) groups is 2. The Bertz CT molecular complexity index is 737. The monoisotopic (exact) mass is 403 g/mol. The molecule has 0 aliphatic carbocycles. The zero-order valence-corrected chi connectivity index (χ0v) is 17.9. The molecule has 0 unspecified atom stereocenters. The van der Waals surface area contributed by atoms with Crippen LogP contribution in [0.5, 0.6) is 11.5 Å². The first-order chi connectivity index (χ1) is 13.9. The Labute approximate surface area is 173 Å². The van der Waals surface area contributed by atoms with Gasteiger partial charge in [-0.15, -0.1) is 0 Å². The second-order valence-corrected chi connectivity index (χ2v) is 8.19. The summed E-state index contributed by atoms with van der Waals surface area (Å²) in [5, 5.41) is 3.03. The largest absolute Gasteiger partial charge is 0.497 e. The third kappa shape index (κ3) is 5.21. The first-order valence-electron chi connectivity index (χ1n) is 10.5. The van der Waals surface area contributed by atoms with Crippen molar-refractivity contribution in [3.8, 4) is 11.5 Å². The first kappa shape index (κ1) is 21.4. The molecule has 0 spiro atoms. The van der Waals surface area contributed by atoms with Crippen molar-refractivity contribution in [1.29, 1.82) is 0 Å². The Morgan fingerprint density at radius 3 is 2.79 bits per heavy atom. The quantitative estimate of drug-likeness (QED) is 0.754. The molecule has 2 aliphatic rings. The van der Waals surface area contributed by atoms with Gasteiger partial charge in [-0.05, 0) is 38.5 Å². The number of amides is 2. The lowest BCUT2D eigenvalue weighted by atomic mass is 10.1. The molecule has 2 aliphatic heterocycles. The number of rotatable bonds is 7. The number of nitrogens with zero attached hydrogens (tertiary/aromatic N) is 2. The van der Waals surface area contributed by atoms with E-state index in [1.165, 1.54) is 0 Å². The van der Waals surface area contributed by atoms with E-state index in [1.54, 1.807) is 12.0 Å². The number of fused-ring (bicyclic) bond motifs is 1. The number of hydrogen-bond donors (Lipinski definition) is 1. The average molecular weight is 404 g/mol. The summed E-state index contributed by atoms with van der Waals surface area (Å²) in [7, 11) is 1.66. The average Bonchev–Trinajstić information content (AvgIpc) is 3.00. The Kier molecular flexibility index (Phi) is 7.00. The summed E-state index contributed by atoms with van der Waals surface area (Å²) in [4.78, 5) is 28.7. The van der Waals surface area contributed by atoms with Crippen LogP contribution in [0.3, 0.4) is 0 Å². The van der Waals surface area contributed by atoms with Gasteiger partial charge in [0.2, 0.25) is 11.8 Å². The standard InChI is InChI=1S/C22H33N3O4/c1-5-18-14-24(12-16-10-19(28-4)6-7-20(16)29-18)9-8-23-22(27)17-11-21(26)25(13-17)15(2)3/h6-7,10,15,17-18H,5,8-9,11-14H2,1-4H3,(H,23,27)/t17-,18-/m1/s1. The zero-order valence-electron chi connectivity index (χ0n) is 17.9. The van der Waals surface area contributed by atoms with Crippen LogP contribution < -0.4 is 14.8 Å². The molecule has 1 aromatic carbocycles. The van der Waals surface area contributed by atoms with E-state index in [1.807, 2.05) is 32.0 Å². The molecule has 7 nitrogen and oxygen atoms in total. The molecule has 0 saturated carbocycles. The van der Waals surface area contributed by atoms with Crippen LogP contribution in [-0.2, 0) is 16.1 Å². The molecule has 1 saturated heterocycles. The molecule has 2 heterocycles. The molecule has 0 bridgehead atoms. The van der Waals surface area contributed by atoms with Crippen molar-refractivity contribution >= 4 is 11.8 Å². The Morgan fingerprint density at radius 2 is 2.14 bits per heavy atom. The van der Waals surface area contributed by atoms with Crippen molar-refractivity contribution in [2.24, 2.45) is 5.92 Å². The maximum Gasteiger partial charge on any atom is 0.225 e. The summed E-state index contributed by atoms with van der Waals surface area (Å²) in [6.45, 7) is 9.46. The highest BCUT2D eigenvalue weighted by Gasteiger charge is 2.35. The van der Waals surface area contributed by atoms with Gasteiger partial charge in [-0.2, -0.15) is 0 Å². The normalized spacial score (nSPS) is 22.2. The van der Waals surface area contributed by atoms with Crippen molar-refractivity contribution in [1.82, 2.24) is 15.1 Å². The second-order valence-electron chi connectivity index (χ2n) is 8.19. The van der Waals surface area contributed by atoms with Crippen molar-refractivity contribution in [3.05, 3.63) is 23.8 Å². The van der Waals surface area contributed by atoms with Crippen molar-refractivity contribution in [2.45, 2.75) is 52.3 Å². The molecule has 2 atom stereocenters. The fraction of sp³-hybridized carbons (Fsp3) is 0.636. The van der Waals surface area contributed by atoms with Crippen LogP contribution >= 0.6 is 0 Å². The number of benzene rings is 1. The Morgan fingerprint density at radius 1 is 1.34 bits per heavy atom. The molecule has 7 heteroatoms. The maximum absolute atomic E-state index is 12.5. The second kappa shape index (κ2) is 9.48. The first-order valence-corrected chi connectivity index (χ1v) is 10.5. The van der Waals surface area contributed by atoms with Gasteiger partial charge in [0.15, 0.2) is 0 Å². The van der Waals surface area contributed by atoms with E-state index in [2.05, 4.69) is 17.1 Å². The van der Waals surface area contributed by atoms with Crippen molar-refractivity contribution < 1.29 is 19.1 Å². The molecule has 160 valence electrons. The van der Waals surface area contributed by atoms with Crippen LogP contribution in [0.4, 0.5) is 0 Å². The van der Waals surface area contributed by atoms with Gasteiger partial charge < -0.3 is 19.7 Å². The number of ether oxygens (including phenoxy) is 2. The number of hydrogen-bond acceptors (Lipinski definition) is 5. The third-order valence-electron chi connectivity index (χ3n) is 5.75. The van der Waals surface area contributed by atoms with E-state index >= 15 is 0 Å². The molecule has 1 aromatic rings. The van der Waals surface area contributed by atoms with Crippen LogP contribution in [-0.4, -0.2) is 67.0 Å². The number of methoxy groups -OCH3 is 1. The van der Waals surface area contributed by atoms with Crippen LogP contribution in [0.15, 0.2) is 18.2 Å². The molecule has 2 amide bonds. The highest BCUT2D eigenvalue weighted by atomic mass is 16.5. The van der Waals surface area contributed by atoms with Crippen LogP contribution in [0.1, 0.15) is 39.2 Å². The third-order valence-corrected chi connectivity index (χ3v) is 5.75. The molecule has 29 heavy (non-hydrogen) atoms. The number of likely N-dealkylation sites (tertiary alicyclic amines) is 1. The molecule has 0 aromatic heterocycles. The zero-order chi connectivity index (χ0) is 21.0. The lowest BCUT2D eigenvalue weighted by Crippen LogP contribution is -2.41. The predicted octanol–water partition coefficient (Wildman–Crippen LogP) is 2.04. The molecular formula is C22H33N3O4. The number of nitrogens with one attached hydrogen (secondary N) is 1. The van der Waals surface area contributed by atoms with Gasteiger partial charge in [-0.25, -0.2) is 0 Å². The highest BCUT2D eigenvalue weighted by molar-refractivity contribution is 5.89. The smallest absolute Gasteiger partial charge is 0.225 e. The topological polar surface area (TPSA) is 71.1 Å². The lowest BCUT2D eigenvalue weighted by molar-refractivity contribution is -0.129. The summed E-state index contributed by atoms with van der Waals surface area (Å²) >= 11 is 0. The van der Waals surface area contributed by atoms with E-state index in [4.69, 9.17) is 9.47 Å². The Balaban J connectivity index is 1.55. The van der Waals surface area contributed by atoms with E-state index in [-0.39, 0.29) is 29.9 Å². The van der Waals surface area contributed by atoms with E-state index in [0.29, 0.717) is 19.5 Å². The minimum atomic E-state index is -0.245. The molecule has 1 N–H and O–H groups in total. The van der Waals surface area contributed by atoms with Gasteiger partial charge in [-0.3, -0.25) is 14.5 Å². The maximum atomic E-state index is 12.5. The van der Waals surface area contributed by atoms with Crippen LogP contribution in [0.25, 0.3) is 0 Å². The minimum Gasteiger partial charge on any atom is -0.497 e.